The number of hydrogen-bond acceptors (Lipinski definition) is 5. The van der Waals surface area contributed by atoms with Crippen LogP contribution in [0.3, 0.4) is 0 Å². The highest BCUT2D eigenvalue weighted by Crippen LogP contribution is 2.31. The molecule has 1 saturated heterocycles. The van der Waals surface area contributed by atoms with Crippen molar-refractivity contribution < 1.29 is 9.53 Å². The fraction of sp³-hybridized carbons (Fsp3) is 0.250. The number of fused-ring (bicyclic) bond motifs is 1. The quantitative estimate of drug-likeness (QED) is 0.739. The molecule has 1 amide bonds. The van der Waals surface area contributed by atoms with Crippen LogP contribution >= 0.6 is 0 Å². The summed E-state index contributed by atoms with van der Waals surface area (Å²) in [5.41, 5.74) is 0.894. The average molecular weight is 364 g/mol. The molecule has 0 spiro atoms. The van der Waals surface area contributed by atoms with Gasteiger partial charge in [-0.25, -0.2) is 5.10 Å². The minimum absolute atomic E-state index is 0.185. The second-order valence-corrected chi connectivity index (χ2v) is 6.41. The average Bonchev–Trinajstić information content (AvgIpc) is 2.74. The van der Waals surface area contributed by atoms with Crippen molar-refractivity contribution in [2.45, 2.75) is 6.04 Å². The van der Waals surface area contributed by atoms with Crippen LogP contribution in [0, 0.1) is 0 Å². The molecule has 2 heterocycles. The Hall–Kier alpha value is -3.19. The summed E-state index contributed by atoms with van der Waals surface area (Å²) in [5, 5.41) is 10.9. The third-order valence-corrected chi connectivity index (χ3v) is 4.90. The second-order valence-electron chi connectivity index (χ2n) is 6.41. The predicted octanol–water partition coefficient (Wildman–Crippen LogP) is 1.72. The van der Waals surface area contributed by atoms with E-state index in [0.717, 1.165) is 11.3 Å². The number of nitrogens with one attached hydrogen (secondary N) is 2. The van der Waals surface area contributed by atoms with Crippen LogP contribution in [0.5, 0.6) is 5.75 Å². The van der Waals surface area contributed by atoms with E-state index in [1.165, 1.54) is 0 Å². The van der Waals surface area contributed by atoms with Gasteiger partial charge in [-0.2, -0.15) is 5.10 Å². The van der Waals surface area contributed by atoms with Gasteiger partial charge < -0.3 is 15.0 Å². The lowest BCUT2D eigenvalue weighted by Gasteiger charge is -2.37. The molecule has 4 rings (SSSR count). The summed E-state index contributed by atoms with van der Waals surface area (Å²) in [4.78, 5) is 27.2. The van der Waals surface area contributed by atoms with Crippen LogP contribution in [0.2, 0.25) is 0 Å². The molecule has 0 saturated carbocycles. The standard InChI is InChI=1S/C20H20N4O3/c1-27-17-9-5-4-8-15(17)16-12-21-10-11-24(16)20(26)18-13-6-2-3-7-14(13)19(25)23-22-18/h2-9,16,21H,10-12H2,1H3,(H,23,25). The zero-order valence-corrected chi connectivity index (χ0v) is 14.9. The van der Waals surface area contributed by atoms with Gasteiger partial charge in [0.15, 0.2) is 5.69 Å². The first-order valence-electron chi connectivity index (χ1n) is 8.82. The number of nitrogens with zero attached hydrogens (tertiary/aromatic N) is 2. The maximum Gasteiger partial charge on any atom is 0.275 e. The number of aromatic amines is 1. The topological polar surface area (TPSA) is 87.3 Å². The number of piperazine rings is 1. The van der Waals surface area contributed by atoms with E-state index in [0.29, 0.717) is 30.4 Å². The highest BCUT2D eigenvalue weighted by Gasteiger charge is 2.32. The molecule has 1 aliphatic rings. The largest absolute Gasteiger partial charge is 0.496 e. The summed E-state index contributed by atoms with van der Waals surface area (Å²) >= 11 is 0. The number of amides is 1. The van der Waals surface area contributed by atoms with Gasteiger partial charge in [0.25, 0.3) is 11.5 Å². The van der Waals surface area contributed by atoms with E-state index in [9.17, 15) is 9.59 Å². The number of methoxy groups -OCH3 is 1. The Kier molecular flexibility index (Phi) is 4.60. The number of aromatic nitrogens is 2. The number of carbonyl (C=O) groups is 1. The highest BCUT2D eigenvalue weighted by atomic mass is 16.5. The molecule has 1 aromatic heterocycles. The fourth-order valence-electron chi connectivity index (χ4n) is 3.58. The zero-order valence-electron chi connectivity index (χ0n) is 14.9. The minimum Gasteiger partial charge on any atom is -0.496 e. The van der Waals surface area contributed by atoms with E-state index in [-0.39, 0.29) is 23.2 Å². The highest BCUT2D eigenvalue weighted by molar-refractivity contribution is 6.04. The molecule has 0 radical (unpaired) electrons. The zero-order chi connectivity index (χ0) is 18.8. The lowest BCUT2D eigenvalue weighted by Crippen LogP contribution is -2.49. The molecule has 27 heavy (non-hydrogen) atoms. The molecule has 3 aromatic rings. The summed E-state index contributed by atoms with van der Waals surface area (Å²) in [6, 6.07) is 14.5. The van der Waals surface area contributed by atoms with Gasteiger partial charge in [-0.05, 0) is 12.1 Å². The van der Waals surface area contributed by atoms with Crippen molar-refractivity contribution in [3.05, 3.63) is 70.1 Å². The van der Waals surface area contributed by atoms with Crippen molar-refractivity contribution in [3.63, 3.8) is 0 Å². The van der Waals surface area contributed by atoms with Gasteiger partial charge in [0.05, 0.1) is 18.5 Å². The monoisotopic (exact) mass is 364 g/mol. The van der Waals surface area contributed by atoms with Crippen LogP contribution in [0.25, 0.3) is 10.8 Å². The Labute approximate surface area is 156 Å². The molecule has 2 aromatic carbocycles. The lowest BCUT2D eigenvalue weighted by molar-refractivity contribution is 0.0626. The molecular formula is C20H20N4O3. The smallest absolute Gasteiger partial charge is 0.275 e. The molecular weight excluding hydrogens is 344 g/mol. The molecule has 0 aliphatic carbocycles. The first kappa shape index (κ1) is 17.2. The van der Waals surface area contributed by atoms with Crippen LogP contribution < -0.4 is 15.6 Å². The SMILES string of the molecule is COc1ccccc1C1CNCCN1C(=O)c1n[nH]c(=O)c2ccccc12. The van der Waals surface area contributed by atoms with Gasteiger partial charge in [-0.3, -0.25) is 9.59 Å². The van der Waals surface area contributed by atoms with Crippen LogP contribution in [-0.2, 0) is 0 Å². The lowest BCUT2D eigenvalue weighted by atomic mass is 10.0. The van der Waals surface area contributed by atoms with E-state index < -0.39 is 0 Å². The number of ether oxygens (including phenoxy) is 1. The summed E-state index contributed by atoms with van der Waals surface area (Å²) in [6.45, 7) is 1.85. The Balaban J connectivity index is 1.78. The number of para-hydroxylation sites is 1. The maximum atomic E-state index is 13.4. The van der Waals surface area contributed by atoms with Crippen molar-refractivity contribution in [2.24, 2.45) is 0 Å². The Morgan fingerprint density at radius 1 is 1.15 bits per heavy atom. The van der Waals surface area contributed by atoms with Crippen molar-refractivity contribution >= 4 is 16.7 Å². The van der Waals surface area contributed by atoms with E-state index in [2.05, 4.69) is 15.5 Å². The van der Waals surface area contributed by atoms with E-state index in [1.54, 1.807) is 36.3 Å². The van der Waals surface area contributed by atoms with Gasteiger partial charge in [-0.15, -0.1) is 0 Å². The first-order valence-corrected chi connectivity index (χ1v) is 8.82. The number of hydrogen-bond donors (Lipinski definition) is 2. The van der Waals surface area contributed by atoms with Crippen molar-refractivity contribution in [2.75, 3.05) is 26.7 Å². The molecule has 2 N–H and O–H groups in total. The maximum absolute atomic E-state index is 13.4. The van der Waals surface area contributed by atoms with Gasteiger partial charge in [0.2, 0.25) is 0 Å². The first-order chi connectivity index (χ1) is 13.2. The van der Waals surface area contributed by atoms with Crippen molar-refractivity contribution in [3.8, 4) is 5.75 Å². The number of benzene rings is 2. The third-order valence-electron chi connectivity index (χ3n) is 4.90. The molecule has 1 unspecified atom stereocenters. The van der Waals surface area contributed by atoms with Gasteiger partial charge in [0, 0.05) is 30.6 Å². The Morgan fingerprint density at radius 3 is 2.70 bits per heavy atom. The number of rotatable bonds is 3. The van der Waals surface area contributed by atoms with Gasteiger partial charge in [0.1, 0.15) is 5.75 Å². The Morgan fingerprint density at radius 2 is 1.89 bits per heavy atom. The minimum atomic E-state index is -0.302. The van der Waals surface area contributed by atoms with Gasteiger partial charge in [-0.1, -0.05) is 36.4 Å². The number of H-pyrrole nitrogens is 1. The van der Waals surface area contributed by atoms with Crippen molar-refractivity contribution in [1.82, 2.24) is 20.4 Å². The molecule has 0 bridgehead atoms. The molecule has 1 fully saturated rings. The van der Waals surface area contributed by atoms with Gasteiger partial charge >= 0.3 is 0 Å². The molecule has 7 heteroatoms. The summed E-state index contributed by atoms with van der Waals surface area (Å²) in [5.74, 6) is 0.531. The summed E-state index contributed by atoms with van der Waals surface area (Å²) in [7, 11) is 1.62. The molecule has 1 aliphatic heterocycles. The second kappa shape index (κ2) is 7.20. The molecule has 138 valence electrons. The Bertz CT molecular complexity index is 1050. The molecule has 1 atom stereocenters. The van der Waals surface area contributed by atoms with Crippen LogP contribution in [0.1, 0.15) is 22.1 Å². The summed E-state index contributed by atoms with van der Waals surface area (Å²) in [6.07, 6.45) is 0. The normalized spacial score (nSPS) is 17.1. The summed E-state index contributed by atoms with van der Waals surface area (Å²) < 4.78 is 5.49. The third kappa shape index (κ3) is 3.06. The predicted molar refractivity (Wildman–Crippen MR) is 102 cm³/mol. The van der Waals surface area contributed by atoms with Crippen LogP contribution in [0.4, 0.5) is 0 Å². The van der Waals surface area contributed by atoms with E-state index in [1.807, 2.05) is 24.3 Å². The van der Waals surface area contributed by atoms with Crippen molar-refractivity contribution in [1.29, 1.82) is 0 Å². The number of carbonyl (C=O) groups excluding carboxylic acids is 1. The fourth-order valence-corrected chi connectivity index (χ4v) is 3.58. The van der Waals surface area contributed by atoms with E-state index >= 15 is 0 Å². The van der Waals surface area contributed by atoms with Crippen LogP contribution in [0.15, 0.2) is 53.3 Å². The van der Waals surface area contributed by atoms with E-state index in [4.69, 9.17) is 4.74 Å². The van der Waals surface area contributed by atoms with Crippen LogP contribution in [-0.4, -0.2) is 47.7 Å². The molecule has 7 nitrogen and oxygen atoms in total.